The van der Waals surface area contributed by atoms with Crippen molar-refractivity contribution in [1.82, 2.24) is 9.88 Å². The standard InChI is InChI=1S/C28H36ClN3O4/c1-27(17-36-16-24(27)34-2)32-7-3-18(4-8-32)21-11-19-13-25(30-15-20(19)12-23(21)29)31-26(33)22-14-28(22)5-9-35-10-6-28/h11-13,15,18,22,24H,3-10,14,16-17H2,1-2H3,(H,30,31,33)/t22-,24+,27-/m1/s1. The van der Waals surface area contributed by atoms with Gasteiger partial charge in [-0.15, -0.1) is 0 Å². The van der Waals surface area contributed by atoms with E-state index in [9.17, 15) is 4.79 Å². The lowest BCUT2D eigenvalue weighted by atomic mass is 9.85. The first-order chi connectivity index (χ1) is 17.4. The maximum absolute atomic E-state index is 12.9. The summed E-state index contributed by atoms with van der Waals surface area (Å²) in [7, 11) is 1.78. The third-order valence-corrected chi connectivity index (χ3v) is 9.71. The van der Waals surface area contributed by atoms with Crippen molar-refractivity contribution in [2.24, 2.45) is 11.3 Å². The van der Waals surface area contributed by atoms with E-state index < -0.39 is 0 Å². The topological polar surface area (TPSA) is 72.9 Å². The van der Waals surface area contributed by atoms with Crippen LogP contribution in [0.2, 0.25) is 5.02 Å². The lowest BCUT2D eigenvalue weighted by Crippen LogP contribution is -2.57. The van der Waals surface area contributed by atoms with Gasteiger partial charge in [0.1, 0.15) is 11.9 Å². The predicted molar refractivity (Wildman–Crippen MR) is 140 cm³/mol. The van der Waals surface area contributed by atoms with Crippen molar-refractivity contribution >= 4 is 34.1 Å². The Balaban J connectivity index is 1.15. The van der Waals surface area contributed by atoms with Gasteiger partial charge >= 0.3 is 0 Å². The van der Waals surface area contributed by atoms with E-state index in [2.05, 4.69) is 28.2 Å². The second kappa shape index (κ2) is 9.52. The van der Waals surface area contributed by atoms with Crippen molar-refractivity contribution in [2.45, 2.75) is 56.6 Å². The van der Waals surface area contributed by atoms with E-state index in [1.165, 1.54) is 5.56 Å². The number of rotatable bonds is 5. The van der Waals surface area contributed by atoms with E-state index in [-0.39, 0.29) is 28.9 Å². The number of nitrogens with zero attached hydrogens (tertiary/aromatic N) is 2. The van der Waals surface area contributed by atoms with Crippen LogP contribution in [-0.2, 0) is 19.0 Å². The van der Waals surface area contributed by atoms with Gasteiger partial charge in [-0.25, -0.2) is 4.98 Å². The van der Waals surface area contributed by atoms with Crippen LogP contribution in [-0.4, -0.2) is 74.1 Å². The van der Waals surface area contributed by atoms with Gasteiger partial charge in [0.15, 0.2) is 0 Å². The van der Waals surface area contributed by atoms with Crippen LogP contribution in [0.3, 0.4) is 0 Å². The molecule has 1 aliphatic carbocycles. The van der Waals surface area contributed by atoms with Crippen LogP contribution in [0.15, 0.2) is 24.4 Å². The van der Waals surface area contributed by atoms with Crippen LogP contribution in [0.5, 0.6) is 0 Å². The molecule has 3 atom stereocenters. The summed E-state index contributed by atoms with van der Waals surface area (Å²) in [5.41, 5.74) is 1.27. The van der Waals surface area contributed by atoms with Gasteiger partial charge in [0.25, 0.3) is 0 Å². The zero-order valence-electron chi connectivity index (χ0n) is 21.2. The fourth-order valence-electron chi connectivity index (χ4n) is 6.79. The molecule has 1 N–H and O–H groups in total. The number of likely N-dealkylation sites (tertiary alicyclic amines) is 1. The Morgan fingerprint density at radius 1 is 1.17 bits per heavy atom. The largest absolute Gasteiger partial charge is 0.381 e. The zero-order valence-corrected chi connectivity index (χ0v) is 22.0. The third-order valence-electron chi connectivity index (χ3n) is 9.38. The number of carbonyl (C=O) groups excluding carboxylic acids is 1. The highest BCUT2D eigenvalue weighted by Gasteiger charge is 2.58. The number of aromatic nitrogens is 1. The Bertz CT molecular complexity index is 1150. The molecule has 0 radical (unpaired) electrons. The Hall–Kier alpha value is -1.77. The molecule has 3 saturated heterocycles. The summed E-state index contributed by atoms with van der Waals surface area (Å²) in [6, 6.07) is 6.20. The van der Waals surface area contributed by atoms with Crippen molar-refractivity contribution in [3.63, 3.8) is 0 Å². The Labute approximate surface area is 217 Å². The number of hydrogen-bond donors (Lipinski definition) is 1. The molecule has 4 aliphatic rings. The lowest BCUT2D eigenvalue weighted by Gasteiger charge is -2.44. The van der Waals surface area contributed by atoms with Crippen LogP contribution < -0.4 is 5.32 Å². The molecule has 1 aromatic heterocycles. The molecule has 7 nitrogen and oxygen atoms in total. The maximum atomic E-state index is 12.9. The quantitative estimate of drug-likeness (QED) is 0.628. The summed E-state index contributed by atoms with van der Waals surface area (Å²) in [5, 5.41) is 5.93. The highest BCUT2D eigenvalue weighted by Crippen LogP contribution is 2.59. The van der Waals surface area contributed by atoms with Gasteiger partial charge in [-0.2, -0.15) is 0 Å². The normalized spacial score (nSPS) is 30.6. The molecule has 0 bridgehead atoms. The summed E-state index contributed by atoms with van der Waals surface area (Å²) in [4.78, 5) is 20.0. The molecule has 6 rings (SSSR count). The zero-order chi connectivity index (χ0) is 24.9. The predicted octanol–water partition coefficient (Wildman–Crippen LogP) is 4.63. The molecule has 1 aromatic carbocycles. The van der Waals surface area contributed by atoms with E-state index >= 15 is 0 Å². The molecule has 0 unspecified atom stereocenters. The highest BCUT2D eigenvalue weighted by atomic mass is 35.5. The fourth-order valence-corrected chi connectivity index (χ4v) is 7.12. The van der Waals surface area contributed by atoms with Crippen molar-refractivity contribution in [2.75, 3.05) is 51.9 Å². The Morgan fingerprint density at radius 2 is 1.94 bits per heavy atom. The molecule has 1 amide bonds. The molecule has 36 heavy (non-hydrogen) atoms. The molecule has 1 spiro atoms. The summed E-state index contributed by atoms with van der Waals surface area (Å²) >= 11 is 6.77. The van der Waals surface area contributed by atoms with Crippen LogP contribution in [0.1, 0.15) is 50.5 Å². The monoisotopic (exact) mass is 513 g/mol. The Kier molecular flexibility index (Phi) is 6.49. The van der Waals surface area contributed by atoms with E-state index in [1.54, 1.807) is 7.11 Å². The number of hydrogen-bond acceptors (Lipinski definition) is 6. The highest BCUT2D eigenvalue weighted by molar-refractivity contribution is 6.32. The second-order valence-electron chi connectivity index (χ2n) is 11.4. The third kappa shape index (κ3) is 4.33. The summed E-state index contributed by atoms with van der Waals surface area (Å²) in [6.45, 7) is 7.14. The average Bonchev–Trinajstić information content (AvgIpc) is 3.44. The number of benzene rings is 1. The van der Waals surface area contributed by atoms with Crippen LogP contribution in [0, 0.1) is 11.3 Å². The molecule has 4 heterocycles. The van der Waals surface area contributed by atoms with Crippen molar-refractivity contribution in [3.8, 4) is 0 Å². The number of halogens is 1. The number of nitrogens with one attached hydrogen (secondary N) is 1. The van der Waals surface area contributed by atoms with Crippen LogP contribution in [0.25, 0.3) is 10.8 Å². The van der Waals surface area contributed by atoms with Crippen molar-refractivity contribution in [3.05, 3.63) is 35.0 Å². The number of pyridine rings is 1. The second-order valence-corrected chi connectivity index (χ2v) is 11.8. The Morgan fingerprint density at radius 3 is 2.69 bits per heavy atom. The smallest absolute Gasteiger partial charge is 0.229 e. The molecule has 4 fully saturated rings. The first-order valence-electron chi connectivity index (χ1n) is 13.3. The number of carbonyl (C=O) groups is 1. The minimum absolute atomic E-state index is 0.0730. The van der Waals surface area contributed by atoms with Gasteiger partial charge in [0.05, 0.1) is 18.8 Å². The minimum Gasteiger partial charge on any atom is -0.381 e. The van der Waals surface area contributed by atoms with E-state index in [0.717, 1.165) is 74.2 Å². The first kappa shape index (κ1) is 24.6. The number of fused-ring (bicyclic) bond motifs is 1. The number of amides is 1. The maximum Gasteiger partial charge on any atom is 0.229 e. The van der Waals surface area contributed by atoms with Gasteiger partial charge in [0.2, 0.25) is 5.91 Å². The number of piperidine rings is 1. The molecule has 1 saturated carbocycles. The molecule has 194 valence electrons. The average molecular weight is 514 g/mol. The van der Waals surface area contributed by atoms with Crippen LogP contribution >= 0.6 is 11.6 Å². The molecule has 2 aromatic rings. The minimum atomic E-state index is -0.0730. The van der Waals surface area contributed by atoms with Gasteiger partial charge in [-0.3, -0.25) is 9.69 Å². The van der Waals surface area contributed by atoms with Gasteiger partial charge in [-0.05, 0) is 92.6 Å². The summed E-state index contributed by atoms with van der Waals surface area (Å²) in [6.07, 6.45) is 6.93. The van der Waals surface area contributed by atoms with E-state index in [4.69, 9.17) is 25.8 Å². The molecule has 3 aliphatic heterocycles. The number of anilines is 1. The first-order valence-corrected chi connectivity index (χ1v) is 13.6. The summed E-state index contributed by atoms with van der Waals surface area (Å²) in [5.74, 6) is 1.18. The lowest BCUT2D eigenvalue weighted by molar-refractivity contribution is -0.118. The van der Waals surface area contributed by atoms with Gasteiger partial charge in [0, 0.05) is 42.8 Å². The number of ether oxygens (including phenoxy) is 3. The molecular formula is C28H36ClN3O4. The fraction of sp³-hybridized carbons (Fsp3) is 0.643. The van der Waals surface area contributed by atoms with E-state index in [0.29, 0.717) is 24.9 Å². The number of methoxy groups -OCH3 is 1. The van der Waals surface area contributed by atoms with Gasteiger partial charge < -0.3 is 19.5 Å². The van der Waals surface area contributed by atoms with Crippen molar-refractivity contribution < 1.29 is 19.0 Å². The van der Waals surface area contributed by atoms with Crippen molar-refractivity contribution in [1.29, 1.82) is 0 Å². The SMILES string of the molecule is CO[C@H]1COC[C@@]1(C)N1CCC(c2cc3cc(NC(=O)[C@H]4CC45CCOCC5)ncc3cc2Cl)CC1. The van der Waals surface area contributed by atoms with Crippen LogP contribution in [0.4, 0.5) is 5.82 Å². The van der Waals surface area contributed by atoms with Gasteiger partial charge in [-0.1, -0.05) is 11.6 Å². The molecular weight excluding hydrogens is 478 g/mol. The molecule has 8 heteroatoms. The summed E-state index contributed by atoms with van der Waals surface area (Å²) < 4.78 is 17.0. The van der Waals surface area contributed by atoms with E-state index in [1.807, 2.05) is 18.3 Å².